The molecular weight excluding hydrogens is 358 g/mol. The van der Waals surface area contributed by atoms with Gasteiger partial charge in [0.05, 0.1) is 6.21 Å². The summed E-state index contributed by atoms with van der Waals surface area (Å²) in [7, 11) is 0. The highest BCUT2D eigenvalue weighted by molar-refractivity contribution is 5.96. The zero-order chi connectivity index (χ0) is 19.9. The van der Waals surface area contributed by atoms with Gasteiger partial charge in [-0.15, -0.1) is 0 Å². The van der Waals surface area contributed by atoms with Crippen LogP contribution in [0.25, 0.3) is 0 Å². The average Bonchev–Trinajstić information content (AvgIpc) is 2.70. The molecule has 0 unspecified atom stereocenters. The van der Waals surface area contributed by atoms with Crippen LogP contribution < -0.4 is 10.7 Å². The zero-order valence-electron chi connectivity index (χ0n) is 15.4. The van der Waals surface area contributed by atoms with Gasteiger partial charge in [0.1, 0.15) is 11.5 Å². The number of hydrogen-bond donors (Lipinski definition) is 4. The summed E-state index contributed by atoms with van der Waals surface area (Å²) in [4.78, 5) is 24.4. The Bertz CT molecular complexity index is 872. The van der Waals surface area contributed by atoms with Crippen molar-refractivity contribution in [3.63, 3.8) is 0 Å². The van der Waals surface area contributed by atoms with Crippen LogP contribution in [0.3, 0.4) is 0 Å². The first kappa shape index (κ1) is 19.4. The summed E-state index contributed by atoms with van der Waals surface area (Å²) in [5.74, 6) is -0.511. The number of phenols is 2. The van der Waals surface area contributed by atoms with Gasteiger partial charge in [-0.1, -0.05) is 19.3 Å². The molecule has 0 heterocycles. The minimum Gasteiger partial charge on any atom is -0.508 e. The van der Waals surface area contributed by atoms with Crippen molar-refractivity contribution in [1.29, 1.82) is 0 Å². The molecule has 0 spiro atoms. The number of carbonyl (C=O) groups is 2. The molecule has 1 saturated carbocycles. The monoisotopic (exact) mass is 381 g/mol. The lowest BCUT2D eigenvalue weighted by atomic mass is 9.88. The largest absolute Gasteiger partial charge is 0.508 e. The summed E-state index contributed by atoms with van der Waals surface area (Å²) >= 11 is 0. The predicted molar refractivity (Wildman–Crippen MR) is 106 cm³/mol. The summed E-state index contributed by atoms with van der Waals surface area (Å²) in [6.45, 7) is 0. The molecule has 2 amide bonds. The first-order chi connectivity index (χ1) is 13.5. The van der Waals surface area contributed by atoms with E-state index in [0.29, 0.717) is 16.8 Å². The fraction of sp³-hybridized carbons (Fsp3) is 0.286. The van der Waals surface area contributed by atoms with E-state index < -0.39 is 5.91 Å². The molecule has 28 heavy (non-hydrogen) atoms. The van der Waals surface area contributed by atoms with Gasteiger partial charge >= 0.3 is 0 Å². The molecule has 146 valence electrons. The lowest BCUT2D eigenvalue weighted by Crippen LogP contribution is -2.24. The van der Waals surface area contributed by atoms with Crippen molar-refractivity contribution >= 4 is 23.7 Å². The van der Waals surface area contributed by atoms with Crippen LogP contribution in [0.5, 0.6) is 11.5 Å². The number of benzene rings is 2. The molecule has 0 aromatic heterocycles. The van der Waals surface area contributed by atoms with Crippen LogP contribution in [0.15, 0.2) is 47.6 Å². The molecule has 2 aromatic carbocycles. The number of hydrazone groups is 1. The number of amides is 2. The number of anilines is 1. The van der Waals surface area contributed by atoms with Gasteiger partial charge in [0.15, 0.2) is 0 Å². The Hall–Kier alpha value is -3.35. The van der Waals surface area contributed by atoms with Crippen molar-refractivity contribution in [3.05, 3.63) is 53.6 Å². The van der Waals surface area contributed by atoms with Crippen molar-refractivity contribution in [2.45, 2.75) is 32.1 Å². The van der Waals surface area contributed by atoms with Crippen LogP contribution in [0.2, 0.25) is 0 Å². The Balaban J connectivity index is 1.54. The lowest BCUT2D eigenvalue weighted by Gasteiger charge is -2.20. The third-order valence-electron chi connectivity index (χ3n) is 4.77. The van der Waals surface area contributed by atoms with Gasteiger partial charge in [-0.2, -0.15) is 5.10 Å². The molecule has 0 saturated heterocycles. The summed E-state index contributed by atoms with van der Waals surface area (Å²) in [5.41, 5.74) is 3.78. The molecule has 0 radical (unpaired) electrons. The Morgan fingerprint density at radius 3 is 2.39 bits per heavy atom. The number of phenolic OH excluding ortho intramolecular Hbond substituents is 2. The second-order valence-electron chi connectivity index (χ2n) is 6.84. The summed E-state index contributed by atoms with van der Waals surface area (Å²) < 4.78 is 0. The molecule has 7 heteroatoms. The maximum atomic E-state index is 12.3. The normalized spacial score (nSPS) is 14.7. The van der Waals surface area contributed by atoms with E-state index in [1.807, 2.05) is 0 Å². The number of rotatable bonds is 5. The first-order valence-corrected chi connectivity index (χ1v) is 9.29. The van der Waals surface area contributed by atoms with Crippen LogP contribution in [0.4, 0.5) is 5.69 Å². The smallest absolute Gasteiger partial charge is 0.271 e. The van der Waals surface area contributed by atoms with Crippen LogP contribution in [-0.2, 0) is 4.79 Å². The van der Waals surface area contributed by atoms with E-state index in [2.05, 4.69) is 15.8 Å². The molecule has 7 nitrogen and oxygen atoms in total. The molecule has 1 fully saturated rings. The van der Waals surface area contributed by atoms with Crippen molar-refractivity contribution in [2.75, 3.05) is 5.32 Å². The number of hydrogen-bond acceptors (Lipinski definition) is 5. The third-order valence-corrected chi connectivity index (χ3v) is 4.77. The van der Waals surface area contributed by atoms with E-state index in [0.717, 1.165) is 25.7 Å². The maximum absolute atomic E-state index is 12.3. The van der Waals surface area contributed by atoms with Crippen molar-refractivity contribution in [2.24, 2.45) is 11.0 Å². The van der Waals surface area contributed by atoms with Gasteiger partial charge in [-0.25, -0.2) is 5.43 Å². The molecular formula is C21H23N3O4. The predicted octanol–water partition coefficient (Wildman–Crippen LogP) is 3.38. The second kappa shape index (κ2) is 9.03. The highest BCUT2D eigenvalue weighted by atomic mass is 16.3. The molecule has 1 aliphatic rings. The second-order valence-corrected chi connectivity index (χ2v) is 6.84. The SMILES string of the molecule is O=C(N/N=C\c1ccc(O)cc1O)c1ccc(NC(=O)C2CCCCC2)cc1. The van der Waals surface area contributed by atoms with E-state index in [9.17, 15) is 19.8 Å². The van der Waals surface area contributed by atoms with Crippen molar-refractivity contribution in [3.8, 4) is 11.5 Å². The number of nitrogens with zero attached hydrogens (tertiary/aromatic N) is 1. The van der Waals surface area contributed by atoms with Gasteiger partial charge < -0.3 is 15.5 Å². The quantitative estimate of drug-likeness (QED) is 0.470. The molecule has 1 aliphatic carbocycles. The minimum atomic E-state index is -0.417. The highest BCUT2D eigenvalue weighted by Crippen LogP contribution is 2.25. The van der Waals surface area contributed by atoms with E-state index in [1.54, 1.807) is 24.3 Å². The van der Waals surface area contributed by atoms with Crippen LogP contribution in [-0.4, -0.2) is 28.2 Å². The molecule has 3 rings (SSSR count). The standard InChI is InChI=1S/C21H23N3O4/c25-18-11-8-16(19(26)12-18)13-22-24-21(28)15-6-9-17(10-7-15)23-20(27)14-4-2-1-3-5-14/h6-14,25-26H,1-5H2,(H,23,27)(H,24,28)/b22-13-. The number of carbonyl (C=O) groups excluding carboxylic acids is 2. The Labute approximate surface area is 163 Å². The first-order valence-electron chi connectivity index (χ1n) is 9.29. The van der Waals surface area contributed by atoms with Gasteiger partial charge in [0.2, 0.25) is 5.91 Å². The number of aromatic hydroxyl groups is 2. The van der Waals surface area contributed by atoms with E-state index in [1.165, 1.54) is 30.8 Å². The van der Waals surface area contributed by atoms with Gasteiger partial charge in [0.25, 0.3) is 5.91 Å². The van der Waals surface area contributed by atoms with Crippen molar-refractivity contribution < 1.29 is 19.8 Å². The van der Waals surface area contributed by atoms with E-state index in [4.69, 9.17) is 0 Å². The molecule has 4 N–H and O–H groups in total. The fourth-order valence-corrected chi connectivity index (χ4v) is 3.18. The number of nitrogens with one attached hydrogen (secondary N) is 2. The third kappa shape index (κ3) is 5.09. The Kier molecular flexibility index (Phi) is 6.26. The Morgan fingerprint density at radius 1 is 1.00 bits per heavy atom. The highest BCUT2D eigenvalue weighted by Gasteiger charge is 2.21. The summed E-state index contributed by atoms with van der Waals surface area (Å²) in [6, 6.07) is 10.7. The Morgan fingerprint density at radius 2 is 1.71 bits per heavy atom. The van der Waals surface area contributed by atoms with Crippen LogP contribution >= 0.6 is 0 Å². The topological polar surface area (TPSA) is 111 Å². The maximum Gasteiger partial charge on any atom is 0.271 e. The van der Waals surface area contributed by atoms with Crippen LogP contribution in [0.1, 0.15) is 48.0 Å². The van der Waals surface area contributed by atoms with E-state index in [-0.39, 0.29) is 23.3 Å². The zero-order valence-corrected chi connectivity index (χ0v) is 15.4. The lowest BCUT2D eigenvalue weighted by molar-refractivity contribution is -0.120. The summed E-state index contributed by atoms with van der Waals surface area (Å²) in [6.07, 6.45) is 6.54. The van der Waals surface area contributed by atoms with Crippen molar-refractivity contribution in [1.82, 2.24) is 5.43 Å². The molecule has 0 aliphatic heterocycles. The van der Waals surface area contributed by atoms with Gasteiger partial charge in [-0.05, 0) is 49.2 Å². The molecule has 0 bridgehead atoms. The van der Waals surface area contributed by atoms with Crippen LogP contribution in [0, 0.1) is 5.92 Å². The average molecular weight is 381 g/mol. The fourth-order valence-electron chi connectivity index (χ4n) is 3.18. The van der Waals surface area contributed by atoms with Gasteiger partial charge in [0, 0.05) is 28.8 Å². The molecule has 0 atom stereocenters. The minimum absolute atomic E-state index is 0.0372. The molecule has 2 aromatic rings. The van der Waals surface area contributed by atoms with Gasteiger partial charge in [-0.3, -0.25) is 9.59 Å². The van der Waals surface area contributed by atoms with E-state index >= 15 is 0 Å². The summed E-state index contributed by atoms with van der Waals surface area (Å²) in [5, 5.41) is 25.6.